The molecule has 0 heterocycles. The van der Waals surface area contributed by atoms with Crippen LogP contribution in [0.5, 0.6) is 0 Å². The number of hydrogen-bond donors (Lipinski definition) is 0. The van der Waals surface area contributed by atoms with Crippen molar-refractivity contribution < 1.29 is 0 Å². The van der Waals surface area contributed by atoms with Gasteiger partial charge in [-0.05, 0) is 6.42 Å². The average molecular weight is 165 g/mol. The zero-order valence-corrected chi connectivity index (χ0v) is 6.96. The van der Waals surface area contributed by atoms with E-state index in [0.717, 1.165) is 32.0 Å². The van der Waals surface area contributed by atoms with Gasteiger partial charge in [-0.3, -0.25) is 0 Å². The SMILES string of the molecule is [B]CCCCCC(Cl)Cl. The van der Waals surface area contributed by atoms with Crippen LogP contribution in [0.1, 0.15) is 25.7 Å². The van der Waals surface area contributed by atoms with E-state index >= 15 is 0 Å². The predicted octanol–water partition coefficient (Wildman–Crippen LogP) is 2.94. The lowest BCUT2D eigenvalue weighted by Gasteiger charge is -1.98. The van der Waals surface area contributed by atoms with Crippen molar-refractivity contribution in [1.82, 2.24) is 0 Å². The maximum atomic E-state index is 5.49. The van der Waals surface area contributed by atoms with Gasteiger partial charge in [0.1, 0.15) is 4.84 Å². The zero-order chi connectivity index (χ0) is 7.11. The minimum Gasteiger partial charge on any atom is -0.105 e. The summed E-state index contributed by atoms with van der Waals surface area (Å²) in [5, 5.41) is 0. The molecule has 2 radical (unpaired) electrons. The molecule has 0 spiro atoms. The first-order chi connectivity index (χ1) is 4.27. The highest BCUT2D eigenvalue weighted by Crippen LogP contribution is 2.12. The van der Waals surface area contributed by atoms with Crippen molar-refractivity contribution in [3.05, 3.63) is 0 Å². The molecule has 0 aromatic carbocycles. The average Bonchev–Trinajstić information content (AvgIpc) is 1.80. The molecule has 0 amide bonds. The van der Waals surface area contributed by atoms with Gasteiger partial charge >= 0.3 is 0 Å². The summed E-state index contributed by atoms with van der Waals surface area (Å²) in [7, 11) is 5.28. The van der Waals surface area contributed by atoms with Crippen LogP contribution in [0.3, 0.4) is 0 Å². The van der Waals surface area contributed by atoms with Gasteiger partial charge in [-0.25, -0.2) is 0 Å². The first-order valence-electron chi connectivity index (χ1n) is 3.25. The maximum absolute atomic E-state index is 5.49. The van der Waals surface area contributed by atoms with Gasteiger partial charge in [-0.15, -0.1) is 23.2 Å². The normalized spacial score (nSPS) is 10.6. The van der Waals surface area contributed by atoms with Crippen molar-refractivity contribution >= 4 is 31.0 Å². The molecular weight excluding hydrogens is 154 g/mol. The van der Waals surface area contributed by atoms with E-state index in [9.17, 15) is 0 Å². The lowest BCUT2D eigenvalue weighted by Crippen LogP contribution is -1.86. The number of unbranched alkanes of at least 4 members (excludes halogenated alkanes) is 2. The fourth-order valence-electron chi connectivity index (χ4n) is 0.620. The summed E-state index contributed by atoms with van der Waals surface area (Å²) in [5.41, 5.74) is 0. The van der Waals surface area contributed by atoms with Crippen molar-refractivity contribution in [3.8, 4) is 0 Å². The first-order valence-corrected chi connectivity index (χ1v) is 4.13. The minimum absolute atomic E-state index is 0.192. The Morgan fingerprint density at radius 3 is 2.22 bits per heavy atom. The third-order valence-electron chi connectivity index (χ3n) is 1.13. The molecule has 0 saturated heterocycles. The molecule has 0 aliphatic rings. The second kappa shape index (κ2) is 6.76. The van der Waals surface area contributed by atoms with E-state index in [2.05, 4.69) is 0 Å². The molecule has 3 heteroatoms. The number of hydrogen-bond acceptors (Lipinski definition) is 0. The Balaban J connectivity index is 2.75. The second-order valence-corrected chi connectivity index (χ2v) is 3.31. The van der Waals surface area contributed by atoms with Crippen LogP contribution >= 0.6 is 23.2 Å². The van der Waals surface area contributed by atoms with Crippen molar-refractivity contribution in [3.63, 3.8) is 0 Å². The Morgan fingerprint density at radius 1 is 1.11 bits per heavy atom. The Morgan fingerprint density at radius 2 is 1.78 bits per heavy atom. The maximum Gasteiger partial charge on any atom is 0.107 e. The number of alkyl halides is 2. The minimum atomic E-state index is -0.192. The molecule has 0 aromatic heterocycles. The zero-order valence-electron chi connectivity index (χ0n) is 5.45. The summed E-state index contributed by atoms with van der Waals surface area (Å²) in [6.45, 7) is 0. The Hall–Kier alpha value is 0.645. The molecule has 52 valence electrons. The van der Waals surface area contributed by atoms with Gasteiger partial charge in [-0.1, -0.05) is 25.6 Å². The van der Waals surface area contributed by atoms with Crippen LogP contribution in [0.2, 0.25) is 6.32 Å². The molecule has 0 saturated carbocycles. The van der Waals surface area contributed by atoms with Crippen molar-refractivity contribution in [1.29, 1.82) is 0 Å². The molecule has 0 nitrogen and oxygen atoms in total. The van der Waals surface area contributed by atoms with Gasteiger partial charge < -0.3 is 0 Å². The van der Waals surface area contributed by atoms with E-state index in [4.69, 9.17) is 31.0 Å². The summed E-state index contributed by atoms with van der Waals surface area (Å²) >= 11 is 11.0. The van der Waals surface area contributed by atoms with Gasteiger partial charge in [0, 0.05) is 0 Å². The van der Waals surface area contributed by atoms with Crippen LogP contribution in [-0.2, 0) is 0 Å². The predicted molar refractivity (Wildman–Crippen MR) is 44.5 cm³/mol. The number of halogens is 2. The molecule has 0 aliphatic heterocycles. The van der Waals surface area contributed by atoms with Crippen molar-refractivity contribution in [2.45, 2.75) is 36.8 Å². The quantitative estimate of drug-likeness (QED) is 0.333. The van der Waals surface area contributed by atoms with Crippen LogP contribution in [0.25, 0.3) is 0 Å². The molecule has 0 atom stereocenters. The Labute approximate surface area is 68.3 Å². The smallest absolute Gasteiger partial charge is 0.105 e. The molecular formula is C6H11BCl2. The lowest BCUT2D eigenvalue weighted by atomic mass is 9.99. The molecule has 9 heavy (non-hydrogen) atoms. The topological polar surface area (TPSA) is 0 Å². The van der Waals surface area contributed by atoms with E-state index in [1.807, 2.05) is 0 Å². The molecule has 0 aromatic rings. The summed E-state index contributed by atoms with van der Waals surface area (Å²) < 4.78 is 0. The molecule has 0 unspecified atom stereocenters. The Bertz CT molecular complexity index is 57.0. The van der Waals surface area contributed by atoms with E-state index < -0.39 is 0 Å². The summed E-state index contributed by atoms with van der Waals surface area (Å²) in [6, 6.07) is 0. The fourth-order valence-corrected chi connectivity index (χ4v) is 0.928. The highest BCUT2D eigenvalue weighted by Gasteiger charge is 1.96. The molecule has 0 N–H and O–H groups in total. The molecule has 0 fully saturated rings. The second-order valence-electron chi connectivity index (χ2n) is 2.03. The largest absolute Gasteiger partial charge is 0.107 e. The summed E-state index contributed by atoms with van der Waals surface area (Å²) in [6.07, 6.45) is 4.99. The fraction of sp³-hybridized carbons (Fsp3) is 1.00. The van der Waals surface area contributed by atoms with Gasteiger partial charge in [0.05, 0.1) is 7.85 Å². The van der Waals surface area contributed by atoms with Gasteiger partial charge in [0.2, 0.25) is 0 Å². The van der Waals surface area contributed by atoms with Crippen LogP contribution in [0.15, 0.2) is 0 Å². The van der Waals surface area contributed by atoms with Crippen molar-refractivity contribution in [2.24, 2.45) is 0 Å². The van der Waals surface area contributed by atoms with E-state index in [1.54, 1.807) is 0 Å². The van der Waals surface area contributed by atoms with Crippen LogP contribution in [0.4, 0.5) is 0 Å². The highest BCUT2D eigenvalue weighted by atomic mass is 35.5. The van der Waals surface area contributed by atoms with Gasteiger partial charge in [-0.2, -0.15) is 0 Å². The van der Waals surface area contributed by atoms with E-state index in [1.165, 1.54) is 0 Å². The number of rotatable bonds is 5. The van der Waals surface area contributed by atoms with Crippen LogP contribution in [-0.4, -0.2) is 12.7 Å². The highest BCUT2D eigenvalue weighted by molar-refractivity contribution is 6.44. The standard InChI is InChI=1S/C6H11BCl2/c7-5-3-1-2-4-6(8)9/h6H,1-5H2. The van der Waals surface area contributed by atoms with Gasteiger partial charge in [0.15, 0.2) is 0 Å². The first kappa shape index (κ1) is 9.64. The van der Waals surface area contributed by atoms with E-state index in [0.29, 0.717) is 0 Å². The third kappa shape index (κ3) is 8.64. The van der Waals surface area contributed by atoms with Gasteiger partial charge in [0.25, 0.3) is 0 Å². The molecule has 0 rings (SSSR count). The summed E-state index contributed by atoms with van der Waals surface area (Å²) in [4.78, 5) is -0.192. The van der Waals surface area contributed by atoms with Crippen LogP contribution in [0, 0.1) is 0 Å². The monoisotopic (exact) mass is 164 g/mol. The Kier molecular flexibility index (Phi) is 7.25. The molecule has 0 bridgehead atoms. The van der Waals surface area contributed by atoms with Crippen LogP contribution < -0.4 is 0 Å². The lowest BCUT2D eigenvalue weighted by molar-refractivity contribution is 0.692. The molecule has 0 aliphatic carbocycles. The van der Waals surface area contributed by atoms with Crippen molar-refractivity contribution in [2.75, 3.05) is 0 Å². The summed E-state index contributed by atoms with van der Waals surface area (Å²) in [5.74, 6) is 0. The van der Waals surface area contributed by atoms with E-state index in [-0.39, 0.29) is 4.84 Å². The third-order valence-corrected chi connectivity index (χ3v) is 1.56.